The summed E-state index contributed by atoms with van der Waals surface area (Å²) in [5.74, 6) is 2.07. The van der Waals surface area contributed by atoms with Gasteiger partial charge in [0, 0.05) is 31.0 Å². The third-order valence-electron chi connectivity index (χ3n) is 5.08. The predicted octanol–water partition coefficient (Wildman–Crippen LogP) is 4.78. The van der Waals surface area contributed by atoms with Gasteiger partial charge in [0.15, 0.2) is 0 Å². The summed E-state index contributed by atoms with van der Waals surface area (Å²) in [5.41, 5.74) is 3.46. The first-order chi connectivity index (χ1) is 12.7. The van der Waals surface area contributed by atoms with Gasteiger partial charge < -0.3 is 9.88 Å². The van der Waals surface area contributed by atoms with Gasteiger partial charge in [0.05, 0.1) is 0 Å². The van der Waals surface area contributed by atoms with Crippen molar-refractivity contribution in [3.63, 3.8) is 0 Å². The minimum atomic E-state index is 0.0311. The summed E-state index contributed by atoms with van der Waals surface area (Å²) in [7, 11) is 0. The van der Waals surface area contributed by atoms with Gasteiger partial charge in [0.1, 0.15) is 11.6 Å². The molecule has 0 atom stereocenters. The highest BCUT2D eigenvalue weighted by Crippen LogP contribution is 2.37. The number of aryl methyl sites for hydroxylation is 4. The van der Waals surface area contributed by atoms with Crippen LogP contribution >= 0.6 is 0 Å². The van der Waals surface area contributed by atoms with E-state index in [9.17, 15) is 4.79 Å². The third kappa shape index (κ3) is 5.41. The monoisotopic (exact) mass is 368 g/mol. The Hall–Kier alpha value is -2.17. The molecule has 0 saturated heterocycles. The number of carbonyl (C=O) groups is 1. The van der Waals surface area contributed by atoms with Gasteiger partial charge in [-0.25, -0.2) is 0 Å². The van der Waals surface area contributed by atoms with Crippen LogP contribution in [0.15, 0.2) is 18.2 Å². The molecule has 1 aliphatic rings. The Morgan fingerprint density at radius 1 is 1.15 bits per heavy atom. The number of anilines is 1. The summed E-state index contributed by atoms with van der Waals surface area (Å²) in [6.07, 6.45) is 5.49. The van der Waals surface area contributed by atoms with Crippen molar-refractivity contribution in [3.8, 4) is 0 Å². The van der Waals surface area contributed by atoms with Gasteiger partial charge in [-0.15, -0.1) is 10.2 Å². The summed E-state index contributed by atoms with van der Waals surface area (Å²) < 4.78 is 2.30. The molecule has 1 amide bonds. The number of nitrogens with zero attached hydrogens (tertiary/aromatic N) is 3. The average Bonchev–Trinajstić information content (AvgIpc) is 3.33. The zero-order valence-electron chi connectivity index (χ0n) is 17.3. The first kappa shape index (κ1) is 19.6. The lowest BCUT2D eigenvalue weighted by atomic mass is 9.90. The fourth-order valence-electron chi connectivity index (χ4n) is 3.33. The molecule has 0 spiro atoms. The van der Waals surface area contributed by atoms with E-state index in [2.05, 4.69) is 53.8 Å². The molecule has 1 aromatic carbocycles. The fraction of sp³-hybridized carbons (Fsp3) is 0.591. The standard InChI is InChI=1S/C22H32N4O/c1-15-6-9-18(16(2)14-15)23-21(27)11-10-19-24-25-20(12-13-22(3,4)5)26(19)17-7-8-17/h6,9,14,17H,7-8,10-13H2,1-5H3,(H,23,27). The van der Waals surface area contributed by atoms with E-state index in [1.165, 1.54) is 18.4 Å². The number of carbonyl (C=O) groups excluding carboxylic acids is 1. The van der Waals surface area contributed by atoms with Gasteiger partial charge in [-0.3, -0.25) is 4.79 Å². The topological polar surface area (TPSA) is 59.8 Å². The van der Waals surface area contributed by atoms with Crippen LogP contribution < -0.4 is 5.32 Å². The maximum absolute atomic E-state index is 12.4. The Kier molecular flexibility index (Phi) is 5.68. The zero-order valence-corrected chi connectivity index (χ0v) is 17.3. The number of amides is 1. The summed E-state index contributed by atoms with van der Waals surface area (Å²) in [4.78, 5) is 12.4. The van der Waals surface area contributed by atoms with Crippen LogP contribution in [0, 0.1) is 19.3 Å². The van der Waals surface area contributed by atoms with Crippen LogP contribution in [0.2, 0.25) is 0 Å². The van der Waals surface area contributed by atoms with E-state index >= 15 is 0 Å². The zero-order chi connectivity index (χ0) is 19.6. The average molecular weight is 369 g/mol. The van der Waals surface area contributed by atoms with Crippen LogP contribution in [0.1, 0.15) is 75.3 Å². The third-order valence-corrected chi connectivity index (χ3v) is 5.08. The SMILES string of the molecule is Cc1ccc(NC(=O)CCc2nnc(CCC(C)(C)C)n2C2CC2)c(C)c1. The minimum Gasteiger partial charge on any atom is -0.326 e. The maximum Gasteiger partial charge on any atom is 0.224 e. The molecule has 1 aliphatic carbocycles. The molecule has 27 heavy (non-hydrogen) atoms. The summed E-state index contributed by atoms with van der Waals surface area (Å²) >= 11 is 0. The van der Waals surface area contributed by atoms with E-state index in [4.69, 9.17) is 0 Å². The molecule has 2 aromatic rings. The highest BCUT2D eigenvalue weighted by molar-refractivity contribution is 5.91. The lowest BCUT2D eigenvalue weighted by Gasteiger charge is -2.18. The smallest absolute Gasteiger partial charge is 0.224 e. The number of aromatic nitrogens is 3. The normalized spacial score (nSPS) is 14.4. The fourth-order valence-corrected chi connectivity index (χ4v) is 3.33. The van der Waals surface area contributed by atoms with Gasteiger partial charge in [-0.05, 0) is 50.2 Å². The van der Waals surface area contributed by atoms with Crippen molar-refractivity contribution in [2.75, 3.05) is 5.32 Å². The van der Waals surface area contributed by atoms with Gasteiger partial charge in [-0.1, -0.05) is 38.5 Å². The number of benzene rings is 1. The van der Waals surface area contributed by atoms with E-state index in [0.29, 0.717) is 18.9 Å². The minimum absolute atomic E-state index is 0.0311. The predicted molar refractivity (Wildman–Crippen MR) is 109 cm³/mol. The summed E-state index contributed by atoms with van der Waals surface area (Å²) in [6.45, 7) is 10.8. The Morgan fingerprint density at radius 2 is 1.81 bits per heavy atom. The molecule has 0 bridgehead atoms. The van der Waals surface area contributed by atoms with Gasteiger partial charge in [-0.2, -0.15) is 0 Å². The number of nitrogens with one attached hydrogen (secondary N) is 1. The molecule has 0 radical (unpaired) electrons. The van der Waals surface area contributed by atoms with E-state index in [-0.39, 0.29) is 11.3 Å². The Labute approximate surface area is 162 Å². The van der Waals surface area contributed by atoms with Gasteiger partial charge in [0.2, 0.25) is 5.91 Å². The molecule has 1 N–H and O–H groups in total. The van der Waals surface area contributed by atoms with Crippen LogP contribution in [0.3, 0.4) is 0 Å². The molecule has 1 saturated carbocycles. The highest BCUT2D eigenvalue weighted by Gasteiger charge is 2.29. The van der Waals surface area contributed by atoms with Crippen molar-refractivity contribution in [2.24, 2.45) is 5.41 Å². The molecule has 0 unspecified atom stereocenters. The lowest BCUT2D eigenvalue weighted by molar-refractivity contribution is -0.116. The Bertz CT molecular complexity index is 812. The molecule has 5 nitrogen and oxygen atoms in total. The van der Waals surface area contributed by atoms with Crippen molar-refractivity contribution in [1.29, 1.82) is 0 Å². The van der Waals surface area contributed by atoms with Crippen molar-refractivity contribution in [3.05, 3.63) is 41.0 Å². The molecule has 1 fully saturated rings. The summed E-state index contributed by atoms with van der Waals surface area (Å²) in [5, 5.41) is 11.9. The van der Waals surface area contributed by atoms with E-state index in [0.717, 1.165) is 35.7 Å². The van der Waals surface area contributed by atoms with Crippen LogP contribution in [0.25, 0.3) is 0 Å². The summed E-state index contributed by atoms with van der Waals surface area (Å²) in [6, 6.07) is 6.61. The largest absolute Gasteiger partial charge is 0.326 e. The molecular formula is C22H32N4O. The number of rotatable bonds is 7. The Morgan fingerprint density at radius 3 is 2.41 bits per heavy atom. The Balaban J connectivity index is 1.62. The van der Waals surface area contributed by atoms with Gasteiger partial charge in [0.25, 0.3) is 0 Å². The van der Waals surface area contributed by atoms with E-state index in [1.807, 2.05) is 19.1 Å². The van der Waals surface area contributed by atoms with E-state index in [1.54, 1.807) is 0 Å². The number of hydrogen-bond donors (Lipinski definition) is 1. The molecular weight excluding hydrogens is 336 g/mol. The van der Waals surface area contributed by atoms with Crippen LogP contribution in [-0.4, -0.2) is 20.7 Å². The second-order valence-electron chi connectivity index (χ2n) is 9.06. The van der Waals surface area contributed by atoms with Crippen molar-refractivity contribution < 1.29 is 4.79 Å². The van der Waals surface area contributed by atoms with Crippen LogP contribution in [-0.2, 0) is 17.6 Å². The second kappa shape index (κ2) is 7.83. The molecule has 3 rings (SSSR count). The molecule has 1 heterocycles. The van der Waals surface area contributed by atoms with Crippen LogP contribution in [0.5, 0.6) is 0 Å². The molecule has 146 valence electrons. The molecule has 5 heteroatoms. The quantitative estimate of drug-likeness (QED) is 0.765. The first-order valence-corrected chi connectivity index (χ1v) is 10.0. The van der Waals surface area contributed by atoms with Crippen molar-refractivity contribution in [1.82, 2.24) is 14.8 Å². The van der Waals surface area contributed by atoms with Crippen LogP contribution in [0.4, 0.5) is 5.69 Å². The molecule has 1 aromatic heterocycles. The van der Waals surface area contributed by atoms with Crippen molar-refractivity contribution in [2.45, 2.75) is 79.2 Å². The maximum atomic E-state index is 12.4. The highest BCUT2D eigenvalue weighted by atomic mass is 16.1. The number of hydrogen-bond acceptors (Lipinski definition) is 3. The van der Waals surface area contributed by atoms with Gasteiger partial charge >= 0.3 is 0 Å². The first-order valence-electron chi connectivity index (χ1n) is 10.0. The van der Waals surface area contributed by atoms with E-state index < -0.39 is 0 Å². The lowest BCUT2D eigenvalue weighted by Crippen LogP contribution is -2.15. The van der Waals surface area contributed by atoms with Crippen molar-refractivity contribution >= 4 is 11.6 Å². The second-order valence-corrected chi connectivity index (χ2v) is 9.06. The molecule has 0 aliphatic heterocycles.